The number of nitrogens with zero attached hydrogens (tertiary/aromatic N) is 3. The Kier molecular flexibility index (Phi) is 15.7. The molecule has 13 nitrogen and oxygen atoms in total. The van der Waals surface area contributed by atoms with Crippen LogP contribution in [0, 0.1) is 16.7 Å². The van der Waals surface area contributed by atoms with E-state index in [1.807, 2.05) is 111 Å². The Hall–Kier alpha value is -6.46. The molecule has 1 aliphatic rings. The van der Waals surface area contributed by atoms with Crippen LogP contribution in [0.1, 0.15) is 88.9 Å². The average Bonchev–Trinajstić information content (AvgIpc) is 3.71. The Morgan fingerprint density at radius 2 is 1.35 bits per heavy atom. The molecule has 0 radical (unpaired) electrons. The van der Waals surface area contributed by atoms with Gasteiger partial charge in [-0.15, -0.1) is 0 Å². The third-order valence-corrected chi connectivity index (χ3v) is 17.8. The number of benzene rings is 7. The first-order valence-corrected chi connectivity index (χ1v) is 27.8. The van der Waals surface area contributed by atoms with Crippen LogP contribution in [0.15, 0.2) is 149 Å². The number of methoxy groups -OCH3 is 2. The Morgan fingerprint density at radius 1 is 0.760 bits per heavy atom. The fraction of sp³-hybridized carbons (Fsp3) is 0.361. The first-order chi connectivity index (χ1) is 36.0. The second-order valence-corrected chi connectivity index (χ2v) is 24.1. The standard InChI is InChI=1S/C61H69N4O9P/c1-39(2)65(40(3)4)75(68,33-13-31-62)74-56-52(38-72-61(46-14-11-10-12-15-46,47-21-25-49(69-8)26-22-47)48-23-27-50(70-9)28-24-48)73-58(64-32-30-53(66)63-59(64)67)57(56)71-37-45-19-17-42-16-18-43-34-41(36-60(5,6)7)35-44-20-29-51(45)55(42)54(43)44/h10-12,14-30,32,34-35,39-40,52,56-58,68,75H,13,33,36-38H2,1-9H3,(H,63,66,67)/t52-,56-,57-,58-/m1/s1. The molecule has 0 bridgehead atoms. The number of aromatic amines is 1. The van der Waals surface area contributed by atoms with Crippen molar-refractivity contribution in [3.05, 3.63) is 188 Å². The van der Waals surface area contributed by atoms with E-state index in [9.17, 15) is 19.7 Å². The predicted molar refractivity (Wildman–Crippen MR) is 298 cm³/mol. The minimum absolute atomic E-state index is 0.0220. The second-order valence-electron chi connectivity index (χ2n) is 21.4. The first kappa shape index (κ1) is 53.4. The summed E-state index contributed by atoms with van der Waals surface area (Å²) in [5.74, 6) is 1.32. The van der Waals surface area contributed by atoms with Gasteiger partial charge in [-0.05, 0) is 11.8 Å². The third kappa shape index (κ3) is 10.8. The molecule has 1 saturated heterocycles. The topological polar surface area (TPSA) is 158 Å². The molecule has 1 fully saturated rings. The number of rotatable bonds is 20. The van der Waals surface area contributed by atoms with Crippen LogP contribution in [0.3, 0.4) is 0 Å². The van der Waals surface area contributed by atoms with Crippen molar-refractivity contribution in [3.63, 3.8) is 0 Å². The molecule has 8 aromatic rings. The second kappa shape index (κ2) is 22.0. The zero-order valence-corrected chi connectivity index (χ0v) is 45.3. The van der Waals surface area contributed by atoms with Crippen LogP contribution in [0.25, 0.3) is 32.3 Å². The summed E-state index contributed by atoms with van der Waals surface area (Å²) in [6, 6.07) is 45.9. The Morgan fingerprint density at radius 3 is 1.92 bits per heavy atom. The van der Waals surface area contributed by atoms with Gasteiger partial charge in [0.25, 0.3) is 0 Å². The number of hydrogen-bond acceptors (Lipinski definition) is 11. The molecule has 1 aliphatic heterocycles. The van der Waals surface area contributed by atoms with Gasteiger partial charge >= 0.3 is 409 Å². The zero-order valence-electron chi connectivity index (χ0n) is 44.3. The monoisotopic (exact) mass is 1030 g/mol. The maximum absolute atomic E-state index is 14.0. The fourth-order valence-corrected chi connectivity index (χ4v) is 14.6. The van der Waals surface area contributed by atoms with Crippen LogP contribution in [-0.2, 0) is 37.4 Å². The molecule has 4 atom stereocenters. The zero-order chi connectivity index (χ0) is 53.2. The molecular weight excluding hydrogens is 964 g/mol. The molecule has 75 heavy (non-hydrogen) atoms. The van der Waals surface area contributed by atoms with Crippen molar-refractivity contribution >= 4 is 40.2 Å². The van der Waals surface area contributed by atoms with Gasteiger partial charge in [-0.25, -0.2) is 0 Å². The van der Waals surface area contributed by atoms with Gasteiger partial charge in [-0.3, -0.25) is 0 Å². The Bertz CT molecular complexity index is 3330. The van der Waals surface area contributed by atoms with Crippen LogP contribution in [0.4, 0.5) is 0 Å². The van der Waals surface area contributed by atoms with Gasteiger partial charge in [0.05, 0.1) is 0 Å². The van der Waals surface area contributed by atoms with E-state index in [1.165, 1.54) is 38.6 Å². The van der Waals surface area contributed by atoms with Crippen molar-refractivity contribution in [1.29, 1.82) is 5.26 Å². The van der Waals surface area contributed by atoms with Crippen LogP contribution < -0.4 is 20.7 Å². The first-order valence-electron chi connectivity index (χ1n) is 25.8. The van der Waals surface area contributed by atoms with Gasteiger partial charge in [0, 0.05) is 0 Å². The van der Waals surface area contributed by atoms with Crippen LogP contribution >= 0.6 is 7.87 Å². The van der Waals surface area contributed by atoms with Gasteiger partial charge in [0.2, 0.25) is 0 Å². The number of ether oxygens (including phenoxy) is 5. The van der Waals surface area contributed by atoms with E-state index in [1.54, 1.807) is 14.2 Å². The van der Waals surface area contributed by atoms with Crippen molar-refractivity contribution in [3.8, 4) is 17.6 Å². The predicted octanol–water partition coefficient (Wildman–Crippen LogP) is 11.4. The number of nitrogens with one attached hydrogen (secondary N) is 1. The average molecular weight is 1030 g/mol. The molecule has 0 unspecified atom stereocenters. The number of H-pyrrole nitrogens is 1. The molecule has 1 aromatic heterocycles. The van der Waals surface area contributed by atoms with Gasteiger partial charge in [-0.2, -0.15) is 0 Å². The molecule has 2 heterocycles. The number of hydrogen-bond donors (Lipinski definition) is 2. The quantitative estimate of drug-likeness (QED) is 0.0425. The van der Waals surface area contributed by atoms with Crippen LogP contribution in [0.2, 0.25) is 0 Å². The Balaban J connectivity index is 1.20. The SMILES string of the molecule is COc1ccc(C(OC[C@H]2O[C@@H](n3ccc(=O)[nH]c3=O)[C@H](OCc3ccc4ccc5cc(CC(C)(C)C)cc6ccc3c4c56)[C@@H]2O[PH](O)(CCC#N)N(C(C)C)C(C)C)(c2ccccc2)c2ccc(OC)cc2)cc1. The van der Waals surface area contributed by atoms with E-state index in [4.69, 9.17) is 28.2 Å². The Labute approximate surface area is 439 Å². The molecule has 2 N–H and O–H groups in total. The summed E-state index contributed by atoms with van der Waals surface area (Å²) in [6.07, 6.45) is -2.00. The molecular formula is C61H69N4O9P. The van der Waals surface area contributed by atoms with E-state index in [2.05, 4.69) is 80.4 Å². The number of nitriles is 1. The molecule has 14 heteroatoms. The van der Waals surface area contributed by atoms with Crippen LogP contribution in [0.5, 0.6) is 11.5 Å². The molecule has 0 spiro atoms. The van der Waals surface area contributed by atoms with Crippen molar-refractivity contribution < 1.29 is 33.1 Å². The van der Waals surface area contributed by atoms with E-state index in [0.717, 1.165) is 44.8 Å². The van der Waals surface area contributed by atoms with Crippen molar-refractivity contribution in [1.82, 2.24) is 14.2 Å². The van der Waals surface area contributed by atoms with Crippen molar-refractivity contribution in [2.75, 3.05) is 27.0 Å². The van der Waals surface area contributed by atoms with Gasteiger partial charge in [-0.1, -0.05) is 20.8 Å². The van der Waals surface area contributed by atoms with Gasteiger partial charge in [0.1, 0.15) is 0 Å². The molecule has 392 valence electrons. The van der Waals surface area contributed by atoms with E-state index >= 15 is 0 Å². The molecule has 7 aromatic carbocycles. The molecule has 0 saturated carbocycles. The number of aromatic nitrogens is 2. The third-order valence-electron chi connectivity index (χ3n) is 14.4. The van der Waals surface area contributed by atoms with E-state index in [-0.39, 0.29) is 43.3 Å². The van der Waals surface area contributed by atoms with Crippen molar-refractivity contribution in [2.24, 2.45) is 5.41 Å². The molecule has 0 aliphatic carbocycles. The van der Waals surface area contributed by atoms with Crippen molar-refractivity contribution in [2.45, 2.75) is 110 Å². The van der Waals surface area contributed by atoms with E-state index in [0.29, 0.717) is 11.5 Å². The maximum atomic E-state index is 14.0. The molecule has 0 amide bonds. The summed E-state index contributed by atoms with van der Waals surface area (Å²) in [5, 5.41) is 16.8. The summed E-state index contributed by atoms with van der Waals surface area (Å²) in [7, 11) is -0.872. The summed E-state index contributed by atoms with van der Waals surface area (Å²) >= 11 is 0. The summed E-state index contributed by atoms with van der Waals surface area (Å²) in [6.45, 7) is 14.6. The van der Waals surface area contributed by atoms with E-state index < -0.39 is 49.3 Å². The summed E-state index contributed by atoms with van der Waals surface area (Å²) in [4.78, 5) is 42.3. The van der Waals surface area contributed by atoms with Crippen LogP contribution in [-0.4, -0.2) is 76.5 Å². The summed E-state index contributed by atoms with van der Waals surface area (Å²) in [5.41, 5.74) is 2.08. The fourth-order valence-electron chi connectivity index (χ4n) is 11.4. The van der Waals surface area contributed by atoms with Gasteiger partial charge in [0.15, 0.2) is 0 Å². The summed E-state index contributed by atoms with van der Waals surface area (Å²) < 4.78 is 43.6. The normalized spacial score (nSPS) is 17.7. The molecule has 9 rings (SSSR count). The van der Waals surface area contributed by atoms with Gasteiger partial charge < -0.3 is 0 Å². The minimum atomic E-state index is -4.11.